The molecule has 1 aliphatic rings. The Morgan fingerprint density at radius 3 is 1.77 bits per heavy atom. The van der Waals surface area contributed by atoms with Crippen LogP contribution in [0.4, 0.5) is 0 Å². The Hall–Kier alpha value is -7.63. The van der Waals surface area contributed by atoms with Crippen LogP contribution in [-0.4, -0.2) is 19.5 Å². The maximum atomic E-state index is 6.73. The first-order valence-corrected chi connectivity index (χ1v) is 19.3. The zero-order chi connectivity index (χ0) is 37.5. The lowest BCUT2D eigenvalue weighted by molar-refractivity contribution is 0.669. The van der Waals surface area contributed by atoms with Crippen LogP contribution >= 0.6 is 0 Å². The number of allylic oxidation sites excluding steroid dienone is 1. The van der Waals surface area contributed by atoms with E-state index in [0.29, 0.717) is 17.6 Å². The van der Waals surface area contributed by atoms with E-state index in [4.69, 9.17) is 19.4 Å². The Morgan fingerprint density at radius 2 is 1.04 bits per heavy atom. The summed E-state index contributed by atoms with van der Waals surface area (Å²) in [4.78, 5) is 15.5. The minimum atomic E-state index is 0.559. The maximum absolute atomic E-state index is 6.73. The van der Waals surface area contributed by atoms with Gasteiger partial charge >= 0.3 is 0 Å². The van der Waals surface area contributed by atoms with Gasteiger partial charge < -0.3 is 4.42 Å². The fraction of sp³-hybridized carbons (Fsp3) is 0.0192. The Bertz CT molecular complexity index is 3370. The van der Waals surface area contributed by atoms with Crippen LogP contribution in [0.1, 0.15) is 11.1 Å². The molecule has 0 radical (unpaired) electrons. The first-order valence-electron chi connectivity index (χ1n) is 19.3. The van der Waals surface area contributed by atoms with E-state index >= 15 is 0 Å². The molecule has 57 heavy (non-hydrogen) atoms. The molecule has 8 aromatic carbocycles. The van der Waals surface area contributed by atoms with Crippen LogP contribution in [0.15, 0.2) is 180 Å². The molecule has 11 aromatic rings. The predicted molar refractivity (Wildman–Crippen MR) is 233 cm³/mol. The van der Waals surface area contributed by atoms with E-state index in [0.717, 1.165) is 78.0 Å². The van der Waals surface area contributed by atoms with Gasteiger partial charge in [0.15, 0.2) is 11.6 Å². The van der Waals surface area contributed by atoms with Crippen molar-refractivity contribution in [2.45, 2.75) is 6.42 Å². The standard InChI is InChI=1S/C52H32N4O/c1-3-14-34(15-4-1)50-53-51(35-16-5-2-6-17-35)55-52(54-50)56-43-27-8-7-21-37(43)41-25-11-26-42(49(41)56)40-24-13-29-45-48(40)47-39(23-12-28-44(47)57-45)36-31-30-33-19-9-18-32-20-10-22-38(36)46(32)33/h1-17,19-31H,18H2. The van der Waals surface area contributed by atoms with Gasteiger partial charge in [-0.3, -0.25) is 4.57 Å². The van der Waals surface area contributed by atoms with Crippen molar-refractivity contribution >= 4 is 60.6 Å². The van der Waals surface area contributed by atoms with E-state index in [1.54, 1.807) is 0 Å². The van der Waals surface area contributed by atoms with Crippen LogP contribution in [0.5, 0.6) is 0 Å². The Balaban J connectivity index is 1.17. The topological polar surface area (TPSA) is 56.7 Å². The first kappa shape index (κ1) is 31.7. The maximum Gasteiger partial charge on any atom is 0.238 e. The van der Waals surface area contributed by atoms with Crippen LogP contribution in [0.3, 0.4) is 0 Å². The minimum absolute atomic E-state index is 0.559. The van der Waals surface area contributed by atoms with Gasteiger partial charge in [-0.2, -0.15) is 9.97 Å². The quantitative estimate of drug-likeness (QED) is 0.177. The summed E-state index contributed by atoms with van der Waals surface area (Å²) in [5.74, 6) is 1.79. The van der Waals surface area contributed by atoms with Crippen molar-refractivity contribution in [2.75, 3.05) is 0 Å². The second-order valence-electron chi connectivity index (χ2n) is 14.7. The monoisotopic (exact) mass is 728 g/mol. The van der Waals surface area contributed by atoms with E-state index in [9.17, 15) is 0 Å². The van der Waals surface area contributed by atoms with E-state index in [1.807, 2.05) is 60.7 Å². The van der Waals surface area contributed by atoms with Gasteiger partial charge in [-0.05, 0) is 63.2 Å². The highest BCUT2D eigenvalue weighted by Gasteiger charge is 2.24. The van der Waals surface area contributed by atoms with Crippen molar-refractivity contribution in [2.24, 2.45) is 0 Å². The van der Waals surface area contributed by atoms with Crippen molar-refractivity contribution < 1.29 is 4.42 Å². The number of hydrogen-bond donors (Lipinski definition) is 0. The van der Waals surface area contributed by atoms with E-state index in [2.05, 4.69) is 126 Å². The third-order valence-corrected chi connectivity index (χ3v) is 11.5. The van der Waals surface area contributed by atoms with Crippen molar-refractivity contribution in [3.05, 3.63) is 187 Å². The number of hydrogen-bond acceptors (Lipinski definition) is 4. The fourth-order valence-electron chi connectivity index (χ4n) is 9.02. The summed E-state index contributed by atoms with van der Waals surface area (Å²) in [5, 5.41) is 7.02. The molecular weight excluding hydrogens is 697 g/mol. The molecule has 0 atom stereocenters. The van der Waals surface area contributed by atoms with Crippen LogP contribution in [0.2, 0.25) is 0 Å². The number of fused-ring (bicyclic) bond motifs is 6. The lowest BCUT2D eigenvalue weighted by atomic mass is 9.87. The lowest BCUT2D eigenvalue weighted by Gasteiger charge is -2.17. The zero-order valence-electron chi connectivity index (χ0n) is 30.7. The Kier molecular flexibility index (Phi) is 6.92. The molecule has 0 bridgehead atoms. The minimum Gasteiger partial charge on any atom is -0.456 e. The highest BCUT2D eigenvalue weighted by atomic mass is 16.3. The average molecular weight is 729 g/mol. The van der Waals surface area contributed by atoms with Crippen molar-refractivity contribution in [1.82, 2.24) is 19.5 Å². The molecule has 0 amide bonds. The van der Waals surface area contributed by atoms with E-state index in [1.165, 1.54) is 27.5 Å². The summed E-state index contributed by atoms with van der Waals surface area (Å²) in [6.45, 7) is 0. The zero-order valence-corrected chi connectivity index (χ0v) is 30.7. The third-order valence-electron chi connectivity index (χ3n) is 11.5. The molecule has 5 heteroatoms. The molecule has 5 nitrogen and oxygen atoms in total. The smallest absolute Gasteiger partial charge is 0.238 e. The van der Waals surface area contributed by atoms with Gasteiger partial charge in [0, 0.05) is 38.2 Å². The number of furan rings is 1. The average Bonchev–Trinajstić information content (AvgIpc) is 3.84. The third kappa shape index (κ3) is 4.85. The molecule has 12 rings (SSSR count). The van der Waals surface area contributed by atoms with Crippen LogP contribution in [0, 0.1) is 0 Å². The van der Waals surface area contributed by atoms with Crippen LogP contribution in [-0.2, 0) is 6.42 Å². The molecule has 0 spiro atoms. The molecule has 1 aliphatic carbocycles. The summed E-state index contributed by atoms with van der Waals surface area (Å²) in [7, 11) is 0. The predicted octanol–water partition coefficient (Wildman–Crippen LogP) is 13.3. The van der Waals surface area contributed by atoms with Gasteiger partial charge in [-0.15, -0.1) is 0 Å². The fourth-order valence-corrected chi connectivity index (χ4v) is 9.02. The first-order chi connectivity index (χ1) is 28.3. The molecule has 3 aromatic heterocycles. The van der Waals surface area contributed by atoms with E-state index < -0.39 is 0 Å². The lowest BCUT2D eigenvalue weighted by Crippen LogP contribution is -2.07. The van der Waals surface area contributed by atoms with E-state index in [-0.39, 0.29) is 0 Å². The Labute approximate surface area is 327 Å². The SMILES string of the molecule is C1=Cc2ccc(-c3cccc4oc5cccc(-c6cccc7c8ccccc8n(-c8nc(-c9ccccc9)nc(-c9ccccc9)n8)c67)c5c34)c3cccc(c23)C1. The van der Waals surface area contributed by atoms with Crippen molar-refractivity contribution in [1.29, 1.82) is 0 Å². The number of para-hydroxylation sites is 2. The van der Waals surface area contributed by atoms with Gasteiger partial charge in [0.2, 0.25) is 5.95 Å². The molecule has 0 saturated carbocycles. The molecule has 0 N–H and O–H groups in total. The largest absolute Gasteiger partial charge is 0.456 e. The molecule has 0 aliphatic heterocycles. The van der Waals surface area contributed by atoms with Crippen LogP contribution < -0.4 is 0 Å². The summed E-state index contributed by atoms with van der Waals surface area (Å²) < 4.78 is 8.96. The summed E-state index contributed by atoms with van der Waals surface area (Å²) in [5.41, 5.74) is 12.7. The molecule has 0 fully saturated rings. The summed E-state index contributed by atoms with van der Waals surface area (Å²) in [6, 6.07) is 59.5. The molecule has 3 heterocycles. The van der Waals surface area contributed by atoms with Gasteiger partial charge in [-0.1, -0.05) is 164 Å². The van der Waals surface area contributed by atoms with Gasteiger partial charge in [-0.25, -0.2) is 4.98 Å². The molecular formula is C52H32N4O. The molecule has 0 saturated heterocycles. The second-order valence-corrected chi connectivity index (χ2v) is 14.7. The van der Waals surface area contributed by atoms with Crippen molar-refractivity contribution in [3.8, 4) is 51.0 Å². The summed E-state index contributed by atoms with van der Waals surface area (Å²) >= 11 is 0. The number of benzene rings is 8. The second kappa shape index (κ2) is 12.4. The highest BCUT2D eigenvalue weighted by molar-refractivity contribution is 6.23. The van der Waals surface area contributed by atoms with Gasteiger partial charge in [0.1, 0.15) is 11.2 Å². The van der Waals surface area contributed by atoms with Crippen LogP contribution in [0.25, 0.3) is 112 Å². The highest BCUT2D eigenvalue weighted by Crippen LogP contribution is 2.46. The Morgan fingerprint density at radius 1 is 0.439 bits per heavy atom. The van der Waals surface area contributed by atoms with Gasteiger partial charge in [0.05, 0.1) is 11.0 Å². The normalized spacial score (nSPS) is 12.4. The number of rotatable bonds is 5. The number of aromatic nitrogens is 4. The van der Waals surface area contributed by atoms with Gasteiger partial charge in [0.25, 0.3) is 0 Å². The summed E-state index contributed by atoms with van der Waals surface area (Å²) in [6.07, 6.45) is 5.45. The van der Waals surface area contributed by atoms with Crippen molar-refractivity contribution in [3.63, 3.8) is 0 Å². The number of nitrogens with zero attached hydrogens (tertiary/aromatic N) is 4. The molecule has 266 valence electrons. The molecule has 0 unspecified atom stereocenters.